The number of primary amides is 1. The zero-order valence-corrected chi connectivity index (χ0v) is 23.5. The number of benzene rings is 2. The number of amides is 2. The summed E-state index contributed by atoms with van der Waals surface area (Å²) in [6.07, 6.45) is 6.76. The quantitative estimate of drug-likeness (QED) is 0.254. The molecule has 0 radical (unpaired) electrons. The van der Waals surface area contributed by atoms with Crippen LogP contribution in [0.15, 0.2) is 66.9 Å². The summed E-state index contributed by atoms with van der Waals surface area (Å²) in [4.78, 5) is 44.9. The number of hydrogen-bond acceptors (Lipinski definition) is 7. The minimum absolute atomic E-state index is 0.00468. The molecule has 2 saturated heterocycles. The van der Waals surface area contributed by atoms with E-state index >= 15 is 0 Å². The van der Waals surface area contributed by atoms with E-state index in [0.29, 0.717) is 28.3 Å². The fourth-order valence-corrected chi connectivity index (χ4v) is 6.35. The first-order valence-electron chi connectivity index (χ1n) is 14.8. The third-order valence-corrected chi connectivity index (χ3v) is 8.79. The number of Topliss-reactive ketones (excluding diaryl/α,β-unsaturated/α-hetero) is 1. The number of piperidine rings is 1. The number of carbonyl (C=O) groups excluding carboxylic acids is 3. The van der Waals surface area contributed by atoms with Crippen LogP contribution in [0.1, 0.15) is 87.7 Å². The molecular formula is C33H37N5O4. The van der Waals surface area contributed by atoms with E-state index in [-0.39, 0.29) is 36.2 Å². The molecule has 5 N–H and O–H groups in total. The number of pyridine rings is 1. The number of anilines is 2. The molecule has 4 atom stereocenters. The number of ketones is 1. The van der Waals surface area contributed by atoms with E-state index in [2.05, 4.69) is 20.5 Å². The highest BCUT2D eigenvalue weighted by Crippen LogP contribution is 2.39. The molecule has 6 rings (SSSR count). The lowest BCUT2D eigenvalue weighted by Gasteiger charge is -2.40. The van der Waals surface area contributed by atoms with Crippen molar-refractivity contribution in [1.29, 1.82) is 0 Å². The SMILES string of the molecule is NC(=O)c1ccc(C(=O)N[C@H]2C[C@H]3CC[C@@H](C2)N3c2ccc(C(=O)CC(O)c3ccccc3)cn2)cc1NCC1CC1. The van der Waals surface area contributed by atoms with Crippen LogP contribution in [0.4, 0.5) is 11.5 Å². The number of carbonyl (C=O) groups is 3. The van der Waals surface area contributed by atoms with Gasteiger partial charge in [-0.2, -0.15) is 0 Å². The number of aromatic nitrogens is 1. The lowest BCUT2D eigenvalue weighted by Crippen LogP contribution is -2.50. The van der Waals surface area contributed by atoms with Crippen molar-refractivity contribution in [2.75, 3.05) is 16.8 Å². The van der Waals surface area contributed by atoms with Gasteiger partial charge in [0, 0.05) is 54.1 Å². The van der Waals surface area contributed by atoms with Gasteiger partial charge in [-0.1, -0.05) is 30.3 Å². The normalized spacial score (nSPS) is 21.9. The van der Waals surface area contributed by atoms with E-state index < -0.39 is 12.0 Å². The summed E-state index contributed by atoms with van der Waals surface area (Å²) in [5, 5.41) is 17.0. The third kappa shape index (κ3) is 6.16. The highest BCUT2D eigenvalue weighted by molar-refractivity contribution is 6.02. The Labute approximate surface area is 245 Å². The number of nitrogens with one attached hydrogen (secondary N) is 2. The Bertz CT molecular complexity index is 1440. The molecule has 9 nitrogen and oxygen atoms in total. The maximum atomic E-state index is 13.2. The van der Waals surface area contributed by atoms with Crippen molar-refractivity contribution in [3.63, 3.8) is 0 Å². The second-order valence-corrected chi connectivity index (χ2v) is 11.8. The molecule has 1 saturated carbocycles. The number of nitrogens with zero attached hydrogens (tertiary/aromatic N) is 2. The van der Waals surface area contributed by atoms with Crippen LogP contribution in [-0.2, 0) is 0 Å². The molecule has 2 amide bonds. The standard InChI is InChI=1S/C33H37N5O4/c34-32(41)27-12-8-22(14-28(27)35-18-20-6-7-20)33(42)37-24-15-25-10-11-26(16-24)38(25)31-13-9-23(19-36-31)30(40)17-29(39)21-4-2-1-3-5-21/h1-5,8-9,12-14,19-20,24-26,29,35,39H,6-7,10-11,15-18H2,(H2,34,41)(H,37,42)/t24-,25+,26-,29?. The number of rotatable bonds is 11. The average Bonchev–Trinajstić information content (AvgIpc) is 3.79. The van der Waals surface area contributed by atoms with Crippen molar-refractivity contribution in [3.8, 4) is 0 Å². The molecule has 0 spiro atoms. The first-order chi connectivity index (χ1) is 20.4. The maximum absolute atomic E-state index is 13.2. The number of aliphatic hydroxyl groups excluding tert-OH is 1. The molecule has 2 aliphatic heterocycles. The van der Waals surface area contributed by atoms with Crippen LogP contribution >= 0.6 is 0 Å². The Kier molecular flexibility index (Phi) is 7.93. The summed E-state index contributed by atoms with van der Waals surface area (Å²) in [5.74, 6) is 0.630. The second kappa shape index (κ2) is 11.9. The summed E-state index contributed by atoms with van der Waals surface area (Å²) in [7, 11) is 0. The predicted octanol–water partition coefficient (Wildman–Crippen LogP) is 4.24. The predicted molar refractivity (Wildman–Crippen MR) is 161 cm³/mol. The van der Waals surface area contributed by atoms with Crippen LogP contribution in [-0.4, -0.2) is 52.4 Å². The summed E-state index contributed by atoms with van der Waals surface area (Å²) >= 11 is 0. The molecule has 1 aliphatic carbocycles. The van der Waals surface area contributed by atoms with Crippen molar-refractivity contribution in [3.05, 3.63) is 89.1 Å². The molecule has 42 heavy (non-hydrogen) atoms. The molecule has 2 bridgehead atoms. The van der Waals surface area contributed by atoms with Gasteiger partial charge in [-0.15, -0.1) is 0 Å². The zero-order valence-electron chi connectivity index (χ0n) is 23.5. The van der Waals surface area contributed by atoms with E-state index in [1.165, 1.54) is 12.8 Å². The number of fused-ring (bicyclic) bond motifs is 2. The first-order valence-corrected chi connectivity index (χ1v) is 14.8. The van der Waals surface area contributed by atoms with Gasteiger partial charge in [-0.25, -0.2) is 4.98 Å². The minimum Gasteiger partial charge on any atom is -0.388 e. The van der Waals surface area contributed by atoms with Gasteiger partial charge in [0.05, 0.1) is 11.7 Å². The fraction of sp³-hybridized carbons (Fsp3) is 0.394. The molecule has 1 aromatic heterocycles. The largest absolute Gasteiger partial charge is 0.388 e. The van der Waals surface area contributed by atoms with Gasteiger partial charge in [-0.05, 0) is 80.3 Å². The molecule has 9 heteroatoms. The Balaban J connectivity index is 1.07. The van der Waals surface area contributed by atoms with E-state index in [1.54, 1.807) is 30.5 Å². The highest BCUT2D eigenvalue weighted by Gasteiger charge is 2.42. The van der Waals surface area contributed by atoms with Crippen molar-refractivity contribution < 1.29 is 19.5 Å². The fourth-order valence-electron chi connectivity index (χ4n) is 6.35. The summed E-state index contributed by atoms with van der Waals surface area (Å²) < 4.78 is 0. The molecule has 2 aromatic carbocycles. The monoisotopic (exact) mass is 567 g/mol. The van der Waals surface area contributed by atoms with E-state index in [0.717, 1.165) is 43.6 Å². The van der Waals surface area contributed by atoms with Crippen LogP contribution in [0, 0.1) is 5.92 Å². The van der Waals surface area contributed by atoms with Crippen molar-refractivity contribution in [2.24, 2.45) is 11.7 Å². The molecule has 3 aliphatic rings. The number of nitrogens with two attached hydrogens (primary N) is 1. The average molecular weight is 568 g/mol. The Morgan fingerprint density at radius 1 is 0.952 bits per heavy atom. The summed E-state index contributed by atoms with van der Waals surface area (Å²) in [6, 6.07) is 18.4. The summed E-state index contributed by atoms with van der Waals surface area (Å²) in [5.41, 5.74) is 8.27. The van der Waals surface area contributed by atoms with Crippen LogP contribution in [0.25, 0.3) is 0 Å². The van der Waals surface area contributed by atoms with Crippen LogP contribution in [0.5, 0.6) is 0 Å². The van der Waals surface area contributed by atoms with Gasteiger partial charge < -0.3 is 26.4 Å². The zero-order chi connectivity index (χ0) is 29.2. The third-order valence-electron chi connectivity index (χ3n) is 8.79. The van der Waals surface area contributed by atoms with Crippen molar-refractivity contribution >= 4 is 29.1 Å². The lowest BCUT2D eigenvalue weighted by molar-refractivity contribution is 0.0878. The molecular weight excluding hydrogens is 530 g/mol. The lowest BCUT2D eigenvalue weighted by atomic mass is 9.96. The minimum atomic E-state index is -0.852. The van der Waals surface area contributed by atoms with Gasteiger partial charge in [-0.3, -0.25) is 14.4 Å². The smallest absolute Gasteiger partial charge is 0.251 e. The molecule has 3 fully saturated rings. The van der Waals surface area contributed by atoms with E-state index in [9.17, 15) is 19.5 Å². The summed E-state index contributed by atoms with van der Waals surface area (Å²) in [6.45, 7) is 0.770. The first kappa shape index (κ1) is 27.9. The van der Waals surface area contributed by atoms with E-state index in [1.807, 2.05) is 36.4 Å². The van der Waals surface area contributed by atoms with Crippen molar-refractivity contribution in [2.45, 2.75) is 69.2 Å². The van der Waals surface area contributed by atoms with Gasteiger partial charge >= 0.3 is 0 Å². The molecule has 3 heterocycles. The van der Waals surface area contributed by atoms with E-state index in [4.69, 9.17) is 5.73 Å². The topological polar surface area (TPSA) is 138 Å². The van der Waals surface area contributed by atoms with Gasteiger partial charge in [0.2, 0.25) is 0 Å². The van der Waals surface area contributed by atoms with Gasteiger partial charge in [0.1, 0.15) is 5.82 Å². The second-order valence-electron chi connectivity index (χ2n) is 11.8. The maximum Gasteiger partial charge on any atom is 0.251 e. The Morgan fingerprint density at radius 3 is 2.31 bits per heavy atom. The Hall–Kier alpha value is -4.24. The van der Waals surface area contributed by atoms with Crippen LogP contribution < -0.4 is 21.3 Å². The number of aliphatic hydroxyl groups is 1. The van der Waals surface area contributed by atoms with Crippen LogP contribution in [0.2, 0.25) is 0 Å². The number of hydrogen-bond donors (Lipinski definition) is 4. The molecule has 1 unspecified atom stereocenters. The van der Waals surface area contributed by atoms with Gasteiger partial charge in [0.15, 0.2) is 5.78 Å². The van der Waals surface area contributed by atoms with Gasteiger partial charge in [0.25, 0.3) is 11.8 Å². The van der Waals surface area contributed by atoms with Crippen molar-refractivity contribution in [1.82, 2.24) is 10.3 Å². The highest BCUT2D eigenvalue weighted by atomic mass is 16.3. The Morgan fingerprint density at radius 2 is 1.67 bits per heavy atom. The van der Waals surface area contributed by atoms with Crippen LogP contribution in [0.3, 0.4) is 0 Å². The molecule has 3 aromatic rings. The molecule has 218 valence electrons.